The molecular weight excluding hydrogens is 263 g/mol. The molecule has 1 amide bonds. The molecule has 0 atom stereocenters. The Kier molecular flexibility index (Phi) is 3.74. The fourth-order valence-corrected chi connectivity index (χ4v) is 1.98. The molecule has 0 aromatic heterocycles. The molecule has 0 fully saturated rings. The summed E-state index contributed by atoms with van der Waals surface area (Å²) >= 11 is 0. The Balaban J connectivity index is 2.22. The number of nitrogen functional groups attached to an aromatic ring is 1. The fraction of sp³-hybridized carbons (Fsp3) is 0.500. The highest BCUT2D eigenvalue weighted by Gasteiger charge is 2.26. The van der Waals surface area contributed by atoms with Gasteiger partial charge in [0.2, 0.25) is 0 Å². The van der Waals surface area contributed by atoms with Gasteiger partial charge in [0, 0.05) is 17.3 Å². The molecule has 1 aliphatic rings. The quantitative estimate of drug-likeness (QED) is 0.743. The number of fused-ring (bicyclic) bond motifs is 1. The highest BCUT2D eigenvalue weighted by molar-refractivity contribution is 5.68. The predicted octanol–water partition coefficient (Wildman–Crippen LogP) is 2.54. The summed E-state index contributed by atoms with van der Waals surface area (Å²) in [5, 5.41) is 0. The van der Waals surface area contributed by atoms with E-state index in [2.05, 4.69) is 0 Å². The Morgan fingerprint density at radius 1 is 1.45 bits per heavy atom. The van der Waals surface area contributed by atoms with Gasteiger partial charge in [-0.3, -0.25) is 0 Å². The van der Waals surface area contributed by atoms with Crippen LogP contribution in [0.4, 0.5) is 14.9 Å². The average Bonchev–Trinajstić information content (AvgIpc) is 2.48. The summed E-state index contributed by atoms with van der Waals surface area (Å²) in [6.45, 7) is 6.16. The van der Waals surface area contributed by atoms with Crippen LogP contribution in [0.2, 0.25) is 0 Å². The highest BCUT2D eigenvalue weighted by Crippen LogP contribution is 2.29. The Morgan fingerprint density at radius 3 is 2.80 bits per heavy atom. The molecule has 2 N–H and O–H groups in total. The zero-order valence-electron chi connectivity index (χ0n) is 11.9. The van der Waals surface area contributed by atoms with Gasteiger partial charge in [-0.15, -0.1) is 0 Å². The molecular formula is C14H19FN2O3. The maximum absolute atomic E-state index is 13.8. The standard InChI is InChI=1S/C14H19FN2O3/c1-14(2,3)20-13(18)17-4-5-19-12-9(8-17)6-10(16)7-11(12)15/h6-7H,4-5,8,16H2,1-3H3. The van der Waals surface area contributed by atoms with E-state index in [1.165, 1.54) is 11.0 Å². The number of carbonyl (C=O) groups excluding carboxylic acids is 1. The molecule has 0 unspecified atom stereocenters. The number of nitrogens with zero attached hydrogens (tertiary/aromatic N) is 1. The van der Waals surface area contributed by atoms with Crippen molar-refractivity contribution in [1.82, 2.24) is 4.90 Å². The van der Waals surface area contributed by atoms with Crippen molar-refractivity contribution in [3.63, 3.8) is 0 Å². The molecule has 0 aliphatic carbocycles. The van der Waals surface area contributed by atoms with Crippen molar-refractivity contribution in [3.05, 3.63) is 23.5 Å². The van der Waals surface area contributed by atoms with Crippen LogP contribution in [0, 0.1) is 5.82 Å². The molecule has 2 rings (SSSR count). The number of ether oxygens (including phenoxy) is 2. The lowest BCUT2D eigenvalue weighted by Crippen LogP contribution is -2.37. The van der Waals surface area contributed by atoms with Crippen LogP contribution >= 0.6 is 0 Å². The van der Waals surface area contributed by atoms with E-state index in [-0.39, 0.29) is 18.9 Å². The van der Waals surface area contributed by atoms with Crippen molar-refractivity contribution in [2.45, 2.75) is 32.9 Å². The minimum absolute atomic E-state index is 0.158. The lowest BCUT2D eigenvalue weighted by atomic mass is 10.1. The summed E-state index contributed by atoms with van der Waals surface area (Å²) in [6, 6.07) is 2.82. The SMILES string of the molecule is CC(C)(C)OC(=O)N1CCOc2c(F)cc(N)cc2C1. The van der Waals surface area contributed by atoms with Gasteiger partial charge < -0.3 is 20.1 Å². The molecule has 1 aromatic carbocycles. The summed E-state index contributed by atoms with van der Waals surface area (Å²) < 4.78 is 24.5. The van der Waals surface area contributed by atoms with Crippen molar-refractivity contribution in [2.75, 3.05) is 18.9 Å². The Hall–Kier alpha value is -1.98. The van der Waals surface area contributed by atoms with Crippen molar-refractivity contribution >= 4 is 11.8 Å². The lowest BCUT2D eigenvalue weighted by Gasteiger charge is -2.26. The van der Waals surface area contributed by atoms with Crippen LogP contribution in [0.25, 0.3) is 0 Å². The average molecular weight is 282 g/mol. The molecule has 5 nitrogen and oxygen atoms in total. The summed E-state index contributed by atoms with van der Waals surface area (Å²) in [5.41, 5.74) is 5.90. The minimum atomic E-state index is -0.575. The summed E-state index contributed by atoms with van der Waals surface area (Å²) in [7, 11) is 0. The van der Waals surface area contributed by atoms with E-state index in [9.17, 15) is 9.18 Å². The second-order valence-corrected chi connectivity index (χ2v) is 5.74. The first kappa shape index (κ1) is 14.4. The number of benzene rings is 1. The second kappa shape index (κ2) is 5.19. The van der Waals surface area contributed by atoms with Crippen LogP contribution < -0.4 is 10.5 Å². The van der Waals surface area contributed by atoms with Crippen LogP contribution in [0.15, 0.2) is 12.1 Å². The van der Waals surface area contributed by atoms with Crippen LogP contribution in [-0.2, 0) is 11.3 Å². The third-order valence-electron chi connectivity index (χ3n) is 2.76. The largest absolute Gasteiger partial charge is 0.488 e. The van der Waals surface area contributed by atoms with Crippen LogP contribution in [0.5, 0.6) is 5.75 Å². The van der Waals surface area contributed by atoms with E-state index in [0.717, 1.165) is 0 Å². The number of amides is 1. The molecule has 0 saturated heterocycles. The van der Waals surface area contributed by atoms with E-state index < -0.39 is 17.5 Å². The van der Waals surface area contributed by atoms with Crippen molar-refractivity contribution < 1.29 is 18.7 Å². The maximum atomic E-state index is 13.8. The van der Waals surface area contributed by atoms with Gasteiger partial charge >= 0.3 is 6.09 Å². The zero-order valence-corrected chi connectivity index (χ0v) is 11.9. The normalized spacial score (nSPS) is 15.1. The van der Waals surface area contributed by atoms with Gasteiger partial charge in [0.05, 0.1) is 13.1 Å². The van der Waals surface area contributed by atoms with Crippen LogP contribution in [0.1, 0.15) is 26.3 Å². The Labute approximate surface area is 117 Å². The van der Waals surface area contributed by atoms with Crippen molar-refractivity contribution in [2.24, 2.45) is 0 Å². The molecule has 20 heavy (non-hydrogen) atoms. The summed E-state index contributed by atoms with van der Waals surface area (Å²) in [5.74, 6) is -0.351. The van der Waals surface area contributed by atoms with Gasteiger partial charge in [0.1, 0.15) is 12.2 Å². The molecule has 0 bridgehead atoms. The molecule has 1 heterocycles. The van der Waals surface area contributed by atoms with Gasteiger partial charge in [0.25, 0.3) is 0 Å². The smallest absolute Gasteiger partial charge is 0.410 e. The highest BCUT2D eigenvalue weighted by atomic mass is 19.1. The zero-order chi connectivity index (χ0) is 14.9. The van der Waals surface area contributed by atoms with Gasteiger partial charge in [-0.25, -0.2) is 9.18 Å². The first-order valence-electron chi connectivity index (χ1n) is 6.45. The van der Waals surface area contributed by atoms with Gasteiger partial charge in [-0.1, -0.05) is 0 Å². The second-order valence-electron chi connectivity index (χ2n) is 5.74. The summed E-state index contributed by atoms with van der Waals surface area (Å²) in [4.78, 5) is 13.6. The first-order valence-corrected chi connectivity index (χ1v) is 6.45. The fourth-order valence-electron chi connectivity index (χ4n) is 1.98. The molecule has 0 spiro atoms. The molecule has 0 radical (unpaired) electrons. The number of nitrogens with two attached hydrogens (primary N) is 1. The number of anilines is 1. The number of rotatable bonds is 0. The third-order valence-corrected chi connectivity index (χ3v) is 2.76. The number of hydrogen-bond acceptors (Lipinski definition) is 4. The van der Waals surface area contributed by atoms with Crippen molar-refractivity contribution in [1.29, 1.82) is 0 Å². The topological polar surface area (TPSA) is 64.8 Å². The Morgan fingerprint density at radius 2 is 2.15 bits per heavy atom. The van der Waals surface area contributed by atoms with Gasteiger partial charge in [-0.2, -0.15) is 0 Å². The molecule has 1 aromatic rings. The number of halogens is 1. The van der Waals surface area contributed by atoms with E-state index in [0.29, 0.717) is 17.8 Å². The lowest BCUT2D eigenvalue weighted by molar-refractivity contribution is 0.0225. The van der Waals surface area contributed by atoms with Gasteiger partial charge in [0.15, 0.2) is 11.6 Å². The molecule has 110 valence electrons. The van der Waals surface area contributed by atoms with E-state index in [1.807, 2.05) is 0 Å². The number of carbonyl (C=O) groups is 1. The van der Waals surface area contributed by atoms with E-state index in [1.54, 1.807) is 26.8 Å². The minimum Gasteiger partial charge on any atom is -0.488 e. The van der Waals surface area contributed by atoms with Crippen LogP contribution in [-0.4, -0.2) is 29.7 Å². The van der Waals surface area contributed by atoms with Gasteiger partial charge in [-0.05, 0) is 26.8 Å². The molecule has 1 aliphatic heterocycles. The molecule has 6 heteroatoms. The predicted molar refractivity (Wildman–Crippen MR) is 73.0 cm³/mol. The third kappa shape index (κ3) is 3.31. The van der Waals surface area contributed by atoms with E-state index >= 15 is 0 Å². The van der Waals surface area contributed by atoms with E-state index in [4.69, 9.17) is 15.2 Å². The van der Waals surface area contributed by atoms with Crippen molar-refractivity contribution in [3.8, 4) is 5.75 Å². The summed E-state index contributed by atoms with van der Waals surface area (Å²) in [6.07, 6.45) is -0.447. The molecule has 0 saturated carbocycles. The monoisotopic (exact) mass is 282 g/mol. The number of hydrogen-bond donors (Lipinski definition) is 1. The Bertz CT molecular complexity index is 526. The van der Waals surface area contributed by atoms with Crippen LogP contribution in [0.3, 0.4) is 0 Å². The first-order chi connectivity index (χ1) is 9.26. The maximum Gasteiger partial charge on any atom is 0.410 e.